The molecule has 2 nitrogen and oxygen atoms in total. The SMILES string of the molecule is Cc1cccnc1NC1CCC(C)(C)C1. The Morgan fingerprint density at radius 1 is 1.47 bits per heavy atom. The lowest BCUT2D eigenvalue weighted by Crippen LogP contribution is -2.18. The van der Waals surface area contributed by atoms with Crippen molar-refractivity contribution in [2.75, 3.05) is 5.32 Å². The Labute approximate surface area is 92.1 Å². The van der Waals surface area contributed by atoms with E-state index >= 15 is 0 Å². The van der Waals surface area contributed by atoms with Crippen LogP contribution in [0.4, 0.5) is 5.82 Å². The number of hydrogen-bond acceptors (Lipinski definition) is 2. The molecule has 15 heavy (non-hydrogen) atoms. The van der Waals surface area contributed by atoms with E-state index < -0.39 is 0 Å². The predicted octanol–water partition coefficient (Wildman–Crippen LogP) is 3.38. The first-order chi connectivity index (χ1) is 7.07. The van der Waals surface area contributed by atoms with Crippen molar-refractivity contribution < 1.29 is 0 Å². The van der Waals surface area contributed by atoms with Crippen LogP contribution < -0.4 is 5.32 Å². The molecule has 1 aromatic rings. The van der Waals surface area contributed by atoms with Crippen molar-refractivity contribution in [2.45, 2.75) is 46.1 Å². The number of anilines is 1. The van der Waals surface area contributed by atoms with Gasteiger partial charge in [-0.25, -0.2) is 4.98 Å². The third-order valence-corrected chi connectivity index (χ3v) is 3.32. The number of aryl methyl sites for hydroxylation is 1. The van der Waals surface area contributed by atoms with E-state index in [4.69, 9.17) is 0 Å². The number of pyridine rings is 1. The van der Waals surface area contributed by atoms with Gasteiger partial charge >= 0.3 is 0 Å². The van der Waals surface area contributed by atoms with Crippen LogP contribution in [0.3, 0.4) is 0 Å². The highest BCUT2D eigenvalue weighted by molar-refractivity contribution is 5.43. The fourth-order valence-corrected chi connectivity index (χ4v) is 2.39. The molecule has 82 valence electrons. The number of hydrogen-bond donors (Lipinski definition) is 1. The van der Waals surface area contributed by atoms with Crippen LogP contribution in [0.1, 0.15) is 38.7 Å². The highest BCUT2D eigenvalue weighted by atomic mass is 15.0. The van der Waals surface area contributed by atoms with E-state index in [0.717, 1.165) is 5.82 Å². The van der Waals surface area contributed by atoms with E-state index in [-0.39, 0.29) is 0 Å². The predicted molar refractivity (Wildman–Crippen MR) is 64.0 cm³/mol. The van der Waals surface area contributed by atoms with Gasteiger partial charge in [0.1, 0.15) is 5.82 Å². The molecule has 2 rings (SSSR count). The Morgan fingerprint density at radius 2 is 2.27 bits per heavy atom. The number of rotatable bonds is 2. The molecule has 0 bridgehead atoms. The first-order valence-electron chi connectivity index (χ1n) is 5.75. The second-order valence-electron chi connectivity index (χ2n) is 5.42. The van der Waals surface area contributed by atoms with Crippen molar-refractivity contribution in [1.29, 1.82) is 0 Å². The zero-order valence-electron chi connectivity index (χ0n) is 9.88. The molecule has 0 aromatic carbocycles. The standard InChI is InChI=1S/C13H20N2/c1-10-5-4-8-14-12(10)15-11-6-7-13(2,3)9-11/h4-5,8,11H,6-7,9H2,1-3H3,(H,14,15). The summed E-state index contributed by atoms with van der Waals surface area (Å²) < 4.78 is 0. The van der Waals surface area contributed by atoms with Crippen molar-refractivity contribution in [3.63, 3.8) is 0 Å². The van der Waals surface area contributed by atoms with Crippen LogP contribution in [0.2, 0.25) is 0 Å². The van der Waals surface area contributed by atoms with Crippen molar-refractivity contribution in [1.82, 2.24) is 4.98 Å². The lowest BCUT2D eigenvalue weighted by molar-refractivity contribution is 0.378. The van der Waals surface area contributed by atoms with Crippen LogP contribution in [0.5, 0.6) is 0 Å². The Hall–Kier alpha value is -1.05. The van der Waals surface area contributed by atoms with Gasteiger partial charge in [-0.3, -0.25) is 0 Å². The van der Waals surface area contributed by atoms with Crippen LogP contribution in [0, 0.1) is 12.3 Å². The second kappa shape index (κ2) is 3.84. The number of nitrogens with one attached hydrogen (secondary N) is 1. The average molecular weight is 204 g/mol. The molecule has 1 saturated carbocycles. The summed E-state index contributed by atoms with van der Waals surface area (Å²) in [4.78, 5) is 4.38. The molecule has 1 N–H and O–H groups in total. The highest BCUT2D eigenvalue weighted by Crippen LogP contribution is 2.38. The van der Waals surface area contributed by atoms with Crippen LogP contribution in [-0.2, 0) is 0 Å². The minimum absolute atomic E-state index is 0.500. The molecule has 0 radical (unpaired) electrons. The maximum atomic E-state index is 4.38. The molecule has 1 unspecified atom stereocenters. The van der Waals surface area contributed by atoms with Crippen LogP contribution in [-0.4, -0.2) is 11.0 Å². The third kappa shape index (κ3) is 2.49. The van der Waals surface area contributed by atoms with Crippen LogP contribution in [0.25, 0.3) is 0 Å². The van der Waals surface area contributed by atoms with Gasteiger partial charge in [0.15, 0.2) is 0 Å². The van der Waals surface area contributed by atoms with Crippen molar-refractivity contribution in [3.8, 4) is 0 Å². The molecule has 0 saturated heterocycles. The summed E-state index contributed by atoms with van der Waals surface area (Å²) >= 11 is 0. The largest absolute Gasteiger partial charge is 0.367 e. The summed E-state index contributed by atoms with van der Waals surface area (Å²) in [7, 11) is 0. The van der Waals surface area contributed by atoms with E-state index in [2.05, 4.69) is 37.1 Å². The fourth-order valence-electron chi connectivity index (χ4n) is 2.39. The fraction of sp³-hybridized carbons (Fsp3) is 0.615. The quantitative estimate of drug-likeness (QED) is 0.798. The zero-order chi connectivity index (χ0) is 10.9. The van der Waals surface area contributed by atoms with Gasteiger partial charge in [-0.15, -0.1) is 0 Å². The minimum atomic E-state index is 0.500. The smallest absolute Gasteiger partial charge is 0.129 e. The third-order valence-electron chi connectivity index (χ3n) is 3.32. The van der Waals surface area contributed by atoms with Crippen molar-refractivity contribution in [2.24, 2.45) is 5.41 Å². The molecule has 1 aromatic heterocycles. The molecule has 2 heteroatoms. The first kappa shape index (κ1) is 10.5. The lowest BCUT2D eigenvalue weighted by atomic mass is 9.92. The summed E-state index contributed by atoms with van der Waals surface area (Å²) in [6.45, 7) is 6.80. The van der Waals surface area contributed by atoms with E-state index in [1.807, 2.05) is 12.3 Å². The Bertz CT molecular complexity index is 344. The molecule has 0 spiro atoms. The van der Waals surface area contributed by atoms with Gasteiger partial charge in [-0.2, -0.15) is 0 Å². The highest BCUT2D eigenvalue weighted by Gasteiger charge is 2.30. The number of aromatic nitrogens is 1. The topological polar surface area (TPSA) is 24.9 Å². The Morgan fingerprint density at radius 3 is 2.87 bits per heavy atom. The van der Waals surface area contributed by atoms with Gasteiger partial charge in [-0.1, -0.05) is 19.9 Å². The zero-order valence-corrected chi connectivity index (χ0v) is 9.88. The Kier molecular flexibility index (Phi) is 2.68. The summed E-state index contributed by atoms with van der Waals surface area (Å²) in [5, 5.41) is 3.55. The van der Waals surface area contributed by atoms with E-state index in [1.165, 1.54) is 24.8 Å². The first-order valence-corrected chi connectivity index (χ1v) is 5.75. The molecule has 1 aliphatic rings. The van der Waals surface area contributed by atoms with Crippen LogP contribution >= 0.6 is 0 Å². The molecule has 1 fully saturated rings. The summed E-state index contributed by atoms with van der Waals surface area (Å²) in [6.07, 6.45) is 5.69. The molecule has 0 aliphatic heterocycles. The van der Waals surface area contributed by atoms with Crippen LogP contribution in [0.15, 0.2) is 18.3 Å². The normalized spacial score (nSPS) is 24.1. The van der Waals surface area contributed by atoms with Crippen molar-refractivity contribution >= 4 is 5.82 Å². The maximum Gasteiger partial charge on any atom is 0.129 e. The molecule has 1 atom stereocenters. The summed E-state index contributed by atoms with van der Waals surface area (Å²) in [5.74, 6) is 1.06. The molecular weight excluding hydrogens is 184 g/mol. The molecule has 1 aliphatic carbocycles. The van der Waals surface area contributed by atoms with Crippen molar-refractivity contribution in [3.05, 3.63) is 23.9 Å². The molecule has 1 heterocycles. The van der Waals surface area contributed by atoms with Gasteiger partial charge in [0.05, 0.1) is 0 Å². The maximum absolute atomic E-state index is 4.38. The van der Waals surface area contributed by atoms with Gasteiger partial charge in [0.2, 0.25) is 0 Å². The molecular formula is C13H20N2. The summed E-state index contributed by atoms with van der Waals surface area (Å²) in [6, 6.07) is 4.70. The summed E-state index contributed by atoms with van der Waals surface area (Å²) in [5.41, 5.74) is 1.74. The van der Waals surface area contributed by atoms with E-state index in [9.17, 15) is 0 Å². The number of nitrogens with zero attached hydrogens (tertiary/aromatic N) is 1. The monoisotopic (exact) mass is 204 g/mol. The molecule has 0 amide bonds. The van der Waals surface area contributed by atoms with Gasteiger partial charge < -0.3 is 5.32 Å². The van der Waals surface area contributed by atoms with E-state index in [1.54, 1.807) is 0 Å². The second-order valence-corrected chi connectivity index (χ2v) is 5.42. The lowest BCUT2D eigenvalue weighted by Gasteiger charge is -2.18. The average Bonchev–Trinajstić information content (AvgIpc) is 2.50. The van der Waals surface area contributed by atoms with E-state index in [0.29, 0.717) is 11.5 Å². The van der Waals surface area contributed by atoms with Gasteiger partial charge in [0.25, 0.3) is 0 Å². The Balaban J connectivity index is 2.02. The van der Waals surface area contributed by atoms with Gasteiger partial charge in [0, 0.05) is 12.2 Å². The van der Waals surface area contributed by atoms with Gasteiger partial charge in [-0.05, 0) is 43.2 Å². The minimum Gasteiger partial charge on any atom is -0.367 e.